The fraction of sp³-hybridized carbons (Fsp3) is 0.368. The van der Waals surface area contributed by atoms with Crippen molar-refractivity contribution in [2.45, 2.75) is 39.3 Å². The molecular formula is C19H23NO. The predicted octanol–water partition coefficient (Wildman–Crippen LogP) is 4.23. The summed E-state index contributed by atoms with van der Waals surface area (Å²) in [6.07, 6.45) is 2.66. The van der Waals surface area contributed by atoms with Crippen LogP contribution in [0.4, 0.5) is 0 Å². The summed E-state index contributed by atoms with van der Waals surface area (Å²) in [7, 11) is 1.75. The van der Waals surface area contributed by atoms with E-state index in [0.717, 1.165) is 18.3 Å². The van der Waals surface area contributed by atoms with E-state index in [-0.39, 0.29) is 0 Å². The maximum absolute atomic E-state index is 5.62. The molecule has 0 atom stereocenters. The minimum absolute atomic E-state index is 0.754. The van der Waals surface area contributed by atoms with E-state index in [1.165, 1.54) is 40.7 Å². The van der Waals surface area contributed by atoms with Crippen LogP contribution in [0.25, 0.3) is 11.1 Å². The monoisotopic (exact) mass is 281 g/mol. The highest BCUT2D eigenvalue weighted by molar-refractivity contribution is 5.73. The van der Waals surface area contributed by atoms with Crippen LogP contribution < -0.4 is 10.1 Å². The quantitative estimate of drug-likeness (QED) is 0.885. The molecule has 0 spiro atoms. The normalized spacial score (nSPS) is 14.2. The topological polar surface area (TPSA) is 21.3 Å². The molecule has 2 aromatic carbocycles. The molecule has 1 fully saturated rings. The molecule has 0 heterocycles. The number of hydrogen-bond acceptors (Lipinski definition) is 2. The Bertz CT molecular complexity index is 627. The van der Waals surface area contributed by atoms with Gasteiger partial charge >= 0.3 is 0 Å². The highest BCUT2D eigenvalue weighted by Crippen LogP contribution is 2.34. The molecule has 0 saturated heterocycles. The highest BCUT2D eigenvalue weighted by Gasteiger charge is 2.19. The van der Waals surface area contributed by atoms with E-state index < -0.39 is 0 Å². The molecule has 1 saturated carbocycles. The molecule has 1 N–H and O–H groups in total. The SMILES string of the molecule is COc1c(-c2ccc(CNC3CC3)cc2)ccc(C)c1C. The van der Waals surface area contributed by atoms with Gasteiger partial charge in [-0.15, -0.1) is 0 Å². The molecule has 1 aliphatic carbocycles. The minimum atomic E-state index is 0.754. The first kappa shape index (κ1) is 14.2. The molecule has 2 nitrogen and oxygen atoms in total. The van der Waals surface area contributed by atoms with Gasteiger partial charge in [0.2, 0.25) is 0 Å². The van der Waals surface area contributed by atoms with Gasteiger partial charge in [-0.2, -0.15) is 0 Å². The number of nitrogens with one attached hydrogen (secondary N) is 1. The second kappa shape index (κ2) is 5.90. The van der Waals surface area contributed by atoms with Crippen molar-refractivity contribution in [2.24, 2.45) is 0 Å². The molecule has 2 heteroatoms. The Kier molecular flexibility index (Phi) is 3.98. The Morgan fingerprint density at radius 3 is 2.38 bits per heavy atom. The second-order valence-corrected chi connectivity index (χ2v) is 5.94. The molecule has 1 aliphatic rings. The van der Waals surface area contributed by atoms with E-state index in [4.69, 9.17) is 4.74 Å². The van der Waals surface area contributed by atoms with Crippen molar-refractivity contribution in [2.75, 3.05) is 7.11 Å². The first-order chi connectivity index (χ1) is 10.2. The third-order valence-corrected chi connectivity index (χ3v) is 4.32. The van der Waals surface area contributed by atoms with Crippen LogP contribution in [0.1, 0.15) is 29.5 Å². The van der Waals surface area contributed by atoms with Gasteiger partial charge in [-0.1, -0.05) is 36.4 Å². The van der Waals surface area contributed by atoms with Crippen LogP contribution in [-0.2, 0) is 6.54 Å². The van der Waals surface area contributed by atoms with E-state index in [1.807, 2.05) is 0 Å². The van der Waals surface area contributed by atoms with Crippen molar-refractivity contribution < 1.29 is 4.74 Å². The van der Waals surface area contributed by atoms with Crippen LogP contribution in [0.5, 0.6) is 5.75 Å². The average Bonchev–Trinajstić information content (AvgIpc) is 3.33. The van der Waals surface area contributed by atoms with Crippen molar-refractivity contribution in [1.29, 1.82) is 0 Å². The van der Waals surface area contributed by atoms with Crippen molar-refractivity contribution in [3.8, 4) is 16.9 Å². The summed E-state index contributed by atoms with van der Waals surface area (Å²) in [5.74, 6) is 0.985. The summed E-state index contributed by atoms with van der Waals surface area (Å²) >= 11 is 0. The van der Waals surface area contributed by atoms with Gasteiger partial charge in [0.05, 0.1) is 7.11 Å². The fourth-order valence-electron chi connectivity index (χ4n) is 2.63. The predicted molar refractivity (Wildman–Crippen MR) is 87.8 cm³/mol. The van der Waals surface area contributed by atoms with Gasteiger partial charge in [0.1, 0.15) is 5.75 Å². The van der Waals surface area contributed by atoms with E-state index in [2.05, 4.69) is 55.6 Å². The zero-order valence-electron chi connectivity index (χ0n) is 13.1. The molecule has 0 aliphatic heterocycles. The number of benzene rings is 2. The van der Waals surface area contributed by atoms with E-state index >= 15 is 0 Å². The Labute approximate surface area is 127 Å². The van der Waals surface area contributed by atoms with Gasteiger partial charge in [-0.3, -0.25) is 0 Å². The summed E-state index contributed by atoms with van der Waals surface area (Å²) in [6, 6.07) is 13.9. The maximum atomic E-state index is 5.62. The van der Waals surface area contributed by atoms with E-state index in [9.17, 15) is 0 Å². The lowest BCUT2D eigenvalue weighted by Gasteiger charge is -2.14. The van der Waals surface area contributed by atoms with E-state index in [0.29, 0.717) is 0 Å². The molecule has 0 unspecified atom stereocenters. The highest BCUT2D eigenvalue weighted by atomic mass is 16.5. The zero-order valence-corrected chi connectivity index (χ0v) is 13.1. The van der Waals surface area contributed by atoms with Gasteiger partial charge in [0.25, 0.3) is 0 Å². The second-order valence-electron chi connectivity index (χ2n) is 5.94. The largest absolute Gasteiger partial charge is 0.496 e. The summed E-state index contributed by atoms with van der Waals surface area (Å²) in [5.41, 5.74) is 6.20. The molecule has 21 heavy (non-hydrogen) atoms. The molecule has 0 radical (unpaired) electrons. The Balaban J connectivity index is 1.84. The van der Waals surface area contributed by atoms with E-state index in [1.54, 1.807) is 7.11 Å². The van der Waals surface area contributed by atoms with Crippen LogP contribution in [0.3, 0.4) is 0 Å². The Hall–Kier alpha value is -1.80. The first-order valence-electron chi connectivity index (χ1n) is 7.66. The number of ether oxygens (including phenoxy) is 1. The number of methoxy groups -OCH3 is 1. The fourth-order valence-corrected chi connectivity index (χ4v) is 2.63. The third kappa shape index (κ3) is 3.11. The van der Waals surface area contributed by atoms with Crippen molar-refractivity contribution in [1.82, 2.24) is 5.32 Å². The summed E-state index contributed by atoms with van der Waals surface area (Å²) in [4.78, 5) is 0. The number of rotatable bonds is 5. The zero-order chi connectivity index (χ0) is 14.8. The lowest BCUT2D eigenvalue weighted by Crippen LogP contribution is -2.15. The van der Waals surface area contributed by atoms with Gasteiger partial charge in [0.15, 0.2) is 0 Å². The number of aryl methyl sites for hydroxylation is 1. The Morgan fingerprint density at radius 1 is 1.05 bits per heavy atom. The van der Waals surface area contributed by atoms with Gasteiger partial charge in [-0.25, -0.2) is 0 Å². The van der Waals surface area contributed by atoms with Crippen molar-refractivity contribution in [3.63, 3.8) is 0 Å². The molecular weight excluding hydrogens is 258 g/mol. The average molecular weight is 281 g/mol. The third-order valence-electron chi connectivity index (χ3n) is 4.32. The lowest BCUT2D eigenvalue weighted by atomic mass is 9.98. The van der Waals surface area contributed by atoms with Crippen LogP contribution >= 0.6 is 0 Å². The van der Waals surface area contributed by atoms with Crippen molar-refractivity contribution >= 4 is 0 Å². The van der Waals surface area contributed by atoms with Gasteiger partial charge in [-0.05, 0) is 48.9 Å². The number of hydrogen-bond donors (Lipinski definition) is 1. The molecule has 0 amide bonds. The van der Waals surface area contributed by atoms with Crippen LogP contribution in [0.15, 0.2) is 36.4 Å². The van der Waals surface area contributed by atoms with Crippen molar-refractivity contribution in [3.05, 3.63) is 53.1 Å². The van der Waals surface area contributed by atoms with Crippen LogP contribution in [0, 0.1) is 13.8 Å². The van der Waals surface area contributed by atoms with Gasteiger partial charge < -0.3 is 10.1 Å². The summed E-state index contributed by atoms with van der Waals surface area (Å²) in [5, 5.41) is 3.55. The van der Waals surface area contributed by atoms with Gasteiger partial charge in [0, 0.05) is 18.2 Å². The smallest absolute Gasteiger partial charge is 0.129 e. The molecule has 0 bridgehead atoms. The van der Waals surface area contributed by atoms with Crippen LogP contribution in [-0.4, -0.2) is 13.2 Å². The minimum Gasteiger partial charge on any atom is -0.496 e. The molecule has 3 rings (SSSR count). The molecule has 110 valence electrons. The Morgan fingerprint density at radius 2 is 1.76 bits per heavy atom. The maximum Gasteiger partial charge on any atom is 0.129 e. The standard InChI is InChI=1S/C19H23NO/c1-13-4-11-18(19(21-3)14(13)2)16-7-5-15(6-8-16)12-20-17-9-10-17/h4-8,11,17,20H,9-10,12H2,1-3H3. The molecule has 2 aromatic rings. The summed E-state index contributed by atoms with van der Waals surface area (Å²) in [6.45, 7) is 5.20. The molecule has 0 aromatic heterocycles. The van der Waals surface area contributed by atoms with Crippen LogP contribution in [0.2, 0.25) is 0 Å². The first-order valence-corrected chi connectivity index (χ1v) is 7.66. The summed E-state index contributed by atoms with van der Waals surface area (Å²) < 4.78 is 5.62. The lowest BCUT2D eigenvalue weighted by molar-refractivity contribution is 0.413.